The van der Waals surface area contributed by atoms with Gasteiger partial charge < -0.3 is 4.57 Å². The number of fused-ring (bicyclic) bond motifs is 1. The first-order chi connectivity index (χ1) is 9.90. The van der Waals surface area contributed by atoms with E-state index in [0.29, 0.717) is 10.9 Å². The first kappa shape index (κ1) is 13.4. The molecule has 108 valence electrons. The van der Waals surface area contributed by atoms with Crippen LogP contribution in [0.5, 0.6) is 0 Å². The van der Waals surface area contributed by atoms with Crippen LogP contribution in [0.25, 0.3) is 16.6 Å². The molecule has 5 heteroatoms. The van der Waals surface area contributed by atoms with Crippen LogP contribution in [0.2, 0.25) is 0 Å². The summed E-state index contributed by atoms with van der Waals surface area (Å²) in [4.78, 5) is 24.2. The minimum Gasteiger partial charge on any atom is -0.321 e. The average molecular weight is 283 g/mol. The zero-order chi connectivity index (χ0) is 15.3. The summed E-state index contributed by atoms with van der Waals surface area (Å²) in [6.45, 7) is 4.08. The first-order valence-electron chi connectivity index (χ1n) is 6.75. The molecule has 3 rings (SSSR count). The van der Waals surface area contributed by atoms with Gasteiger partial charge >= 0.3 is 5.69 Å². The highest BCUT2D eigenvalue weighted by Crippen LogP contribution is 2.19. The second-order valence-electron chi connectivity index (χ2n) is 5.46. The number of hydrogen-bond donors (Lipinski definition) is 0. The van der Waals surface area contributed by atoms with E-state index in [9.17, 15) is 9.59 Å². The van der Waals surface area contributed by atoms with Gasteiger partial charge in [-0.1, -0.05) is 17.7 Å². The van der Waals surface area contributed by atoms with Gasteiger partial charge in [-0.15, -0.1) is 0 Å². The fourth-order valence-electron chi connectivity index (χ4n) is 2.71. The highest BCUT2D eigenvalue weighted by Gasteiger charge is 2.12. The van der Waals surface area contributed by atoms with Crippen molar-refractivity contribution < 1.29 is 0 Å². The SMILES string of the molecule is Cc1ccc(-n2cc3c(=O)n(C)c(=O)n(C)c3c2)c(C)c1. The highest BCUT2D eigenvalue weighted by atomic mass is 16.2. The van der Waals surface area contributed by atoms with Crippen LogP contribution in [0.15, 0.2) is 40.2 Å². The van der Waals surface area contributed by atoms with Crippen LogP contribution >= 0.6 is 0 Å². The van der Waals surface area contributed by atoms with Gasteiger partial charge in [0.15, 0.2) is 0 Å². The van der Waals surface area contributed by atoms with E-state index in [-0.39, 0.29) is 11.2 Å². The predicted octanol–water partition coefficient (Wildman–Crippen LogP) is 1.64. The smallest absolute Gasteiger partial charge is 0.321 e. The van der Waals surface area contributed by atoms with Gasteiger partial charge in [0, 0.05) is 32.2 Å². The maximum Gasteiger partial charge on any atom is 0.330 e. The Hall–Kier alpha value is -2.56. The van der Waals surface area contributed by atoms with E-state index in [1.54, 1.807) is 13.2 Å². The fourth-order valence-corrected chi connectivity index (χ4v) is 2.71. The lowest BCUT2D eigenvalue weighted by molar-refractivity contribution is 0.714. The van der Waals surface area contributed by atoms with Crippen molar-refractivity contribution in [3.8, 4) is 5.69 Å². The molecule has 0 radical (unpaired) electrons. The van der Waals surface area contributed by atoms with Gasteiger partial charge in [-0.05, 0) is 25.5 Å². The van der Waals surface area contributed by atoms with Gasteiger partial charge in [0.05, 0.1) is 10.9 Å². The van der Waals surface area contributed by atoms with Crippen molar-refractivity contribution in [3.05, 3.63) is 62.6 Å². The van der Waals surface area contributed by atoms with Crippen LogP contribution in [0.3, 0.4) is 0 Å². The predicted molar refractivity (Wildman–Crippen MR) is 83.2 cm³/mol. The summed E-state index contributed by atoms with van der Waals surface area (Å²) < 4.78 is 4.53. The molecule has 0 aliphatic heterocycles. The molecule has 2 heterocycles. The Kier molecular flexibility index (Phi) is 2.86. The summed E-state index contributed by atoms with van der Waals surface area (Å²) >= 11 is 0. The summed E-state index contributed by atoms with van der Waals surface area (Å²) in [6.07, 6.45) is 3.62. The van der Waals surface area contributed by atoms with Gasteiger partial charge in [0.25, 0.3) is 5.56 Å². The van der Waals surface area contributed by atoms with Crippen molar-refractivity contribution in [2.75, 3.05) is 0 Å². The third kappa shape index (κ3) is 1.93. The van der Waals surface area contributed by atoms with Crippen molar-refractivity contribution in [2.45, 2.75) is 13.8 Å². The Labute approximate surface area is 121 Å². The van der Waals surface area contributed by atoms with Crippen molar-refractivity contribution in [1.82, 2.24) is 13.7 Å². The lowest BCUT2D eigenvalue weighted by atomic mass is 10.1. The van der Waals surface area contributed by atoms with Crippen molar-refractivity contribution in [2.24, 2.45) is 14.1 Å². The second kappa shape index (κ2) is 4.48. The van der Waals surface area contributed by atoms with Gasteiger partial charge in [-0.2, -0.15) is 0 Å². The van der Waals surface area contributed by atoms with Crippen LogP contribution in [0, 0.1) is 13.8 Å². The van der Waals surface area contributed by atoms with E-state index >= 15 is 0 Å². The molecule has 0 aliphatic rings. The van der Waals surface area contributed by atoms with Crippen molar-refractivity contribution >= 4 is 10.9 Å². The van der Waals surface area contributed by atoms with Crippen LogP contribution in [0.1, 0.15) is 11.1 Å². The lowest BCUT2D eigenvalue weighted by Gasteiger charge is -2.07. The molecule has 0 aliphatic carbocycles. The number of nitrogens with zero attached hydrogens (tertiary/aromatic N) is 3. The molecule has 0 N–H and O–H groups in total. The fraction of sp³-hybridized carbons (Fsp3) is 0.250. The zero-order valence-electron chi connectivity index (χ0n) is 12.5. The van der Waals surface area contributed by atoms with Gasteiger partial charge in [0.2, 0.25) is 0 Å². The quantitative estimate of drug-likeness (QED) is 0.682. The van der Waals surface area contributed by atoms with Crippen molar-refractivity contribution in [3.63, 3.8) is 0 Å². The normalized spacial score (nSPS) is 11.2. The molecule has 0 atom stereocenters. The lowest BCUT2D eigenvalue weighted by Crippen LogP contribution is -2.36. The number of benzene rings is 1. The molecule has 0 saturated heterocycles. The van der Waals surface area contributed by atoms with Crippen LogP contribution in [-0.2, 0) is 14.1 Å². The molecule has 0 amide bonds. The maximum atomic E-state index is 12.2. The molecule has 0 bridgehead atoms. The Morgan fingerprint density at radius 1 is 0.952 bits per heavy atom. The second-order valence-corrected chi connectivity index (χ2v) is 5.46. The monoisotopic (exact) mass is 283 g/mol. The maximum absolute atomic E-state index is 12.2. The standard InChI is InChI=1S/C16H17N3O2/c1-10-5-6-13(11(2)7-10)19-8-12-14(9-19)17(3)16(21)18(4)15(12)20/h5-9H,1-4H3. The van der Waals surface area contributed by atoms with Crippen LogP contribution in [0.4, 0.5) is 0 Å². The molecule has 3 aromatic rings. The van der Waals surface area contributed by atoms with E-state index < -0.39 is 0 Å². The molecule has 0 unspecified atom stereocenters. The summed E-state index contributed by atoms with van der Waals surface area (Å²) in [7, 11) is 3.18. The zero-order valence-corrected chi connectivity index (χ0v) is 12.5. The number of aromatic nitrogens is 3. The minimum atomic E-state index is -0.314. The van der Waals surface area contributed by atoms with E-state index in [1.807, 2.05) is 36.7 Å². The topological polar surface area (TPSA) is 48.9 Å². The third-order valence-electron chi connectivity index (χ3n) is 3.91. The Morgan fingerprint density at radius 2 is 1.67 bits per heavy atom. The van der Waals surface area contributed by atoms with Crippen molar-refractivity contribution in [1.29, 1.82) is 0 Å². The summed E-state index contributed by atoms with van der Waals surface area (Å²) in [5.41, 5.74) is 3.38. The third-order valence-corrected chi connectivity index (χ3v) is 3.91. The summed E-state index contributed by atoms with van der Waals surface area (Å²) in [5, 5.41) is 0.541. The molecule has 5 nitrogen and oxygen atoms in total. The van der Waals surface area contributed by atoms with Crippen LogP contribution < -0.4 is 11.2 Å². The number of hydrogen-bond acceptors (Lipinski definition) is 2. The van der Waals surface area contributed by atoms with E-state index in [0.717, 1.165) is 15.8 Å². The molecular formula is C16H17N3O2. The molecule has 0 fully saturated rings. The van der Waals surface area contributed by atoms with Crippen LogP contribution in [-0.4, -0.2) is 13.7 Å². The largest absolute Gasteiger partial charge is 0.330 e. The van der Waals surface area contributed by atoms with Gasteiger partial charge in [-0.25, -0.2) is 4.79 Å². The molecular weight excluding hydrogens is 266 g/mol. The summed E-state index contributed by atoms with van der Waals surface area (Å²) in [6, 6.07) is 6.15. The van der Waals surface area contributed by atoms with E-state index in [4.69, 9.17) is 0 Å². The Morgan fingerprint density at radius 3 is 2.33 bits per heavy atom. The minimum absolute atomic E-state index is 0.267. The van der Waals surface area contributed by atoms with E-state index in [1.165, 1.54) is 17.2 Å². The molecule has 21 heavy (non-hydrogen) atoms. The molecule has 2 aromatic heterocycles. The molecule has 1 aromatic carbocycles. The first-order valence-corrected chi connectivity index (χ1v) is 6.75. The van der Waals surface area contributed by atoms with Gasteiger partial charge in [0.1, 0.15) is 0 Å². The average Bonchev–Trinajstić information content (AvgIpc) is 2.88. The Bertz CT molecular complexity index is 974. The number of rotatable bonds is 1. The summed E-state index contributed by atoms with van der Waals surface area (Å²) in [5.74, 6) is 0. The Balaban J connectivity index is 2.37. The van der Waals surface area contributed by atoms with Gasteiger partial charge in [-0.3, -0.25) is 13.9 Å². The molecule has 0 spiro atoms. The van der Waals surface area contributed by atoms with E-state index in [2.05, 4.69) is 6.07 Å². The number of aryl methyl sites for hydroxylation is 3. The highest BCUT2D eigenvalue weighted by molar-refractivity contribution is 5.78. The molecule has 0 saturated carbocycles.